The molecule has 6 heteroatoms. The Balaban J connectivity index is 1.66. The molecule has 0 aliphatic heterocycles. The zero-order chi connectivity index (χ0) is 16.6. The van der Waals surface area contributed by atoms with Crippen LogP contribution >= 0.6 is 11.8 Å². The summed E-state index contributed by atoms with van der Waals surface area (Å²) < 4.78 is 0. The topological polar surface area (TPSA) is 79.4 Å². The lowest BCUT2D eigenvalue weighted by Gasteiger charge is -2.02. The van der Waals surface area contributed by atoms with Gasteiger partial charge in [-0.3, -0.25) is 5.10 Å². The average molecular weight is 335 g/mol. The van der Waals surface area contributed by atoms with Gasteiger partial charge in [0.05, 0.1) is 12.4 Å². The van der Waals surface area contributed by atoms with Gasteiger partial charge in [-0.2, -0.15) is 10.2 Å². The molecule has 0 atom stereocenters. The van der Waals surface area contributed by atoms with Crippen molar-refractivity contribution in [1.29, 1.82) is 0 Å². The quantitative estimate of drug-likeness (QED) is 0.424. The lowest BCUT2D eigenvalue weighted by molar-refractivity contribution is 1.09. The van der Waals surface area contributed by atoms with Crippen molar-refractivity contribution in [2.75, 3.05) is 0 Å². The summed E-state index contributed by atoms with van der Waals surface area (Å²) in [6.45, 7) is 0. The lowest BCUT2D eigenvalue weighted by atomic mass is 10.0. The van der Waals surface area contributed by atoms with Crippen molar-refractivity contribution in [1.82, 2.24) is 10.2 Å². The van der Waals surface area contributed by atoms with E-state index in [4.69, 9.17) is 5.73 Å². The van der Waals surface area contributed by atoms with Gasteiger partial charge in [-0.15, -0.1) is 5.10 Å². The van der Waals surface area contributed by atoms with E-state index in [2.05, 4.69) is 32.5 Å². The van der Waals surface area contributed by atoms with Crippen LogP contribution in [0.5, 0.6) is 0 Å². The first-order chi connectivity index (χ1) is 11.8. The fraction of sp³-hybridized carbons (Fsp3) is 0.0556. The van der Waals surface area contributed by atoms with Gasteiger partial charge in [0.15, 0.2) is 5.17 Å². The number of nitrogens with two attached hydrogens (primary N) is 1. The van der Waals surface area contributed by atoms with Gasteiger partial charge in [0.2, 0.25) is 0 Å². The van der Waals surface area contributed by atoms with Gasteiger partial charge in [-0.1, -0.05) is 66.4 Å². The van der Waals surface area contributed by atoms with E-state index in [0.717, 1.165) is 22.4 Å². The van der Waals surface area contributed by atoms with Crippen LogP contribution < -0.4 is 5.73 Å². The van der Waals surface area contributed by atoms with Crippen molar-refractivity contribution < 1.29 is 0 Å². The van der Waals surface area contributed by atoms with Gasteiger partial charge in [0, 0.05) is 23.1 Å². The summed E-state index contributed by atoms with van der Waals surface area (Å²) in [5.74, 6) is 0.775. The number of hydrogen-bond donors (Lipinski definition) is 2. The summed E-state index contributed by atoms with van der Waals surface area (Å²) in [5.41, 5.74) is 10.1. The Hall–Kier alpha value is -2.86. The fourth-order valence-corrected chi connectivity index (χ4v) is 2.79. The predicted octanol–water partition coefficient (Wildman–Crippen LogP) is 3.66. The van der Waals surface area contributed by atoms with E-state index in [9.17, 15) is 0 Å². The van der Waals surface area contributed by atoms with E-state index in [-0.39, 0.29) is 0 Å². The van der Waals surface area contributed by atoms with Crippen LogP contribution in [0.2, 0.25) is 0 Å². The molecular weight excluding hydrogens is 318 g/mol. The first kappa shape index (κ1) is 16.0. The minimum Gasteiger partial charge on any atom is -0.377 e. The van der Waals surface area contributed by atoms with Crippen molar-refractivity contribution in [2.24, 2.45) is 15.9 Å². The molecule has 0 radical (unpaired) electrons. The van der Waals surface area contributed by atoms with Crippen molar-refractivity contribution in [2.45, 2.75) is 5.75 Å². The zero-order valence-corrected chi connectivity index (χ0v) is 13.8. The highest BCUT2D eigenvalue weighted by Crippen LogP contribution is 2.21. The van der Waals surface area contributed by atoms with Crippen molar-refractivity contribution >= 4 is 23.1 Å². The maximum atomic E-state index is 5.90. The number of thioether (sulfide) groups is 1. The molecule has 0 unspecified atom stereocenters. The van der Waals surface area contributed by atoms with Crippen LogP contribution in [0, 0.1) is 0 Å². The van der Waals surface area contributed by atoms with E-state index in [1.165, 1.54) is 17.3 Å². The zero-order valence-electron chi connectivity index (χ0n) is 13.0. The molecule has 0 fully saturated rings. The monoisotopic (exact) mass is 335 g/mol. The summed E-state index contributed by atoms with van der Waals surface area (Å²) in [6, 6.07) is 18.1. The van der Waals surface area contributed by atoms with Crippen LogP contribution in [0.25, 0.3) is 11.1 Å². The molecule has 0 aliphatic rings. The van der Waals surface area contributed by atoms with E-state index < -0.39 is 0 Å². The molecule has 3 aromatic rings. The van der Waals surface area contributed by atoms with E-state index in [1.54, 1.807) is 12.4 Å². The number of nitrogens with one attached hydrogen (secondary N) is 1. The molecule has 2 aromatic carbocycles. The second kappa shape index (κ2) is 8.12. The standard InChI is InChI=1S/C18H17N5S/c19-18(24-13-14-6-2-1-3-7-14)23-22-10-15-8-4-5-9-17(15)16-11-20-21-12-16/h1-12H,13H2,(H2,19,23)(H,20,21). The summed E-state index contributed by atoms with van der Waals surface area (Å²) in [6.07, 6.45) is 5.33. The third-order valence-corrected chi connectivity index (χ3v) is 4.21. The Morgan fingerprint density at radius 3 is 2.71 bits per heavy atom. The summed E-state index contributed by atoms with van der Waals surface area (Å²) in [5, 5.41) is 15.4. The number of H-pyrrole nitrogens is 1. The molecule has 5 nitrogen and oxygen atoms in total. The Labute approximate surface area is 144 Å². The van der Waals surface area contributed by atoms with Gasteiger partial charge in [0.1, 0.15) is 0 Å². The molecule has 0 bridgehead atoms. The van der Waals surface area contributed by atoms with Crippen LogP contribution in [-0.4, -0.2) is 21.6 Å². The molecule has 1 aromatic heterocycles. The minimum atomic E-state index is 0.441. The highest BCUT2D eigenvalue weighted by Gasteiger charge is 2.03. The second-order valence-corrected chi connectivity index (χ2v) is 6.03. The Morgan fingerprint density at radius 2 is 1.92 bits per heavy atom. The molecule has 3 rings (SSSR count). The number of rotatable bonds is 5. The number of amidine groups is 1. The van der Waals surface area contributed by atoms with Crippen LogP contribution in [-0.2, 0) is 5.75 Å². The van der Waals surface area contributed by atoms with Crippen LogP contribution in [0.1, 0.15) is 11.1 Å². The molecule has 0 spiro atoms. The number of hydrogen-bond acceptors (Lipinski definition) is 4. The molecule has 0 saturated carbocycles. The van der Waals surface area contributed by atoms with Crippen molar-refractivity contribution in [3.63, 3.8) is 0 Å². The van der Waals surface area contributed by atoms with Crippen LogP contribution in [0.15, 0.2) is 77.2 Å². The molecule has 24 heavy (non-hydrogen) atoms. The highest BCUT2D eigenvalue weighted by atomic mass is 32.2. The molecule has 1 heterocycles. The van der Waals surface area contributed by atoms with Crippen molar-refractivity contribution in [3.8, 4) is 11.1 Å². The summed E-state index contributed by atoms with van der Waals surface area (Å²) >= 11 is 1.47. The van der Waals surface area contributed by atoms with Gasteiger partial charge in [-0.25, -0.2) is 0 Å². The molecule has 0 amide bonds. The highest BCUT2D eigenvalue weighted by molar-refractivity contribution is 8.13. The number of nitrogens with zero attached hydrogens (tertiary/aromatic N) is 3. The maximum Gasteiger partial charge on any atom is 0.180 e. The fourth-order valence-electron chi connectivity index (χ4n) is 2.18. The van der Waals surface area contributed by atoms with Gasteiger partial charge >= 0.3 is 0 Å². The molecule has 3 N–H and O–H groups in total. The smallest absolute Gasteiger partial charge is 0.180 e. The van der Waals surface area contributed by atoms with Gasteiger partial charge in [-0.05, 0) is 11.1 Å². The van der Waals surface area contributed by atoms with E-state index in [0.29, 0.717) is 5.17 Å². The number of aromatic nitrogens is 2. The average Bonchev–Trinajstić information content (AvgIpc) is 3.16. The number of aromatic amines is 1. The van der Waals surface area contributed by atoms with E-state index >= 15 is 0 Å². The third kappa shape index (κ3) is 4.33. The molecule has 120 valence electrons. The maximum absolute atomic E-state index is 5.90. The Bertz CT molecular complexity index is 826. The first-order valence-electron chi connectivity index (χ1n) is 7.44. The minimum absolute atomic E-state index is 0.441. The van der Waals surface area contributed by atoms with Gasteiger partial charge < -0.3 is 5.73 Å². The molecule has 0 aliphatic carbocycles. The second-order valence-electron chi connectivity index (χ2n) is 5.03. The first-order valence-corrected chi connectivity index (χ1v) is 8.43. The van der Waals surface area contributed by atoms with Gasteiger partial charge in [0.25, 0.3) is 0 Å². The molecule has 0 saturated heterocycles. The van der Waals surface area contributed by atoms with Crippen LogP contribution in [0.3, 0.4) is 0 Å². The SMILES string of the molecule is NC(=NN=Cc1ccccc1-c1cn[nH]c1)SCc1ccccc1. The Morgan fingerprint density at radius 1 is 1.12 bits per heavy atom. The van der Waals surface area contributed by atoms with Crippen molar-refractivity contribution in [3.05, 3.63) is 78.1 Å². The number of benzene rings is 2. The van der Waals surface area contributed by atoms with E-state index in [1.807, 2.05) is 48.7 Å². The summed E-state index contributed by atoms with van der Waals surface area (Å²) in [4.78, 5) is 0. The van der Waals surface area contributed by atoms with Crippen LogP contribution in [0.4, 0.5) is 0 Å². The normalized spacial score (nSPS) is 11.9. The molecular formula is C18H17N5S. The Kier molecular flexibility index (Phi) is 5.42. The third-order valence-electron chi connectivity index (χ3n) is 3.35. The summed E-state index contributed by atoms with van der Waals surface area (Å²) in [7, 11) is 0. The predicted molar refractivity (Wildman–Crippen MR) is 101 cm³/mol. The lowest BCUT2D eigenvalue weighted by Crippen LogP contribution is -2.06. The largest absolute Gasteiger partial charge is 0.377 e.